The predicted octanol–water partition coefficient (Wildman–Crippen LogP) is 5.23. The molecule has 0 bridgehead atoms. The summed E-state index contributed by atoms with van der Waals surface area (Å²) in [5.74, 6) is -0.856. The molecule has 0 aliphatic carbocycles. The van der Waals surface area contributed by atoms with Crippen molar-refractivity contribution in [2.24, 2.45) is 0 Å². The fraction of sp³-hybridized carbons (Fsp3) is 0.310. The van der Waals surface area contributed by atoms with Crippen LogP contribution in [-0.4, -0.2) is 50.5 Å². The Balaban J connectivity index is 2.05. The van der Waals surface area contributed by atoms with Crippen LogP contribution in [-0.2, 0) is 32.6 Å². The lowest BCUT2D eigenvalue weighted by molar-refractivity contribution is -0.140. The van der Waals surface area contributed by atoms with E-state index in [1.807, 2.05) is 43.3 Å². The third-order valence-electron chi connectivity index (χ3n) is 6.18. The number of carbonyl (C=O) groups is 2. The highest BCUT2D eigenvalue weighted by atomic mass is 35.5. The molecule has 3 aromatic rings. The van der Waals surface area contributed by atoms with Crippen LogP contribution in [0.25, 0.3) is 0 Å². The maximum Gasteiger partial charge on any atom is 0.244 e. The first-order valence-electron chi connectivity index (χ1n) is 12.6. The number of anilines is 1. The molecule has 3 rings (SSSR count). The van der Waals surface area contributed by atoms with E-state index >= 15 is 0 Å². The number of carbonyl (C=O) groups excluding carboxylic acids is 2. The number of sulfonamides is 1. The molecule has 0 heterocycles. The standard InChI is InChI=1S/C29H33Cl2N3O4S/c1-4-15-32-29(36)27(17-22-9-6-5-7-10-22)33(19-23-11-8-12-24(30)16-23)28(35)20-34(39(3,37)38)25-14-13-21(2)26(31)18-25/h5-14,16,18,27H,4,15,17,19-20H2,1-3H3,(H,32,36)/t27-/m0/s1. The van der Waals surface area contributed by atoms with Crippen LogP contribution >= 0.6 is 23.2 Å². The number of nitrogens with zero attached hydrogens (tertiary/aromatic N) is 2. The summed E-state index contributed by atoms with van der Waals surface area (Å²) in [4.78, 5) is 28.9. The molecule has 7 nitrogen and oxygen atoms in total. The Morgan fingerprint density at radius 2 is 1.64 bits per heavy atom. The van der Waals surface area contributed by atoms with E-state index in [0.29, 0.717) is 22.2 Å². The van der Waals surface area contributed by atoms with Crippen molar-refractivity contribution in [1.82, 2.24) is 10.2 Å². The number of amides is 2. The first kappa shape index (κ1) is 30.5. The van der Waals surface area contributed by atoms with E-state index in [1.54, 1.807) is 37.3 Å². The Kier molecular flexibility index (Phi) is 10.8. The third kappa shape index (κ3) is 8.71. The van der Waals surface area contributed by atoms with Crippen LogP contribution in [0.3, 0.4) is 0 Å². The zero-order valence-electron chi connectivity index (χ0n) is 22.2. The van der Waals surface area contributed by atoms with Crippen LogP contribution in [0.15, 0.2) is 72.8 Å². The maximum absolute atomic E-state index is 14.0. The molecule has 0 radical (unpaired) electrons. The largest absolute Gasteiger partial charge is 0.354 e. The van der Waals surface area contributed by atoms with Gasteiger partial charge < -0.3 is 10.2 Å². The number of halogens is 2. The van der Waals surface area contributed by atoms with Crippen molar-refractivity contribution in [3.05, 3.63) is 99.5 Å². The summed E-state index contributed by atoms with van der Waals surface area (Å²) in [6.45, 7) is 3.74. The van der Waals surface area contributed by atoms with Gasteiger partial charge in [-0.3, -0.25) is 13.9 Å². The molecule has 0 unspecified atom stereocenters. The predicted molar refractivity (Wildman–Crippen MR) is 158 cm³/mol. The molecular weight excluding hydrogens is 557 g/mol. The number of hydrogen-bond acceptors (Lipinski definition) is 4. The minimum absolute atomic E-state index is 0.0582. The summed E-state index contributed by atoms with van der Waals surface area (Å²) < 4.78 is 26.7. The first-order chi connectivity index (χ1) is 18.5. The zero-order chi connectivity index (χ0) is 28.6. The van der Waals surface area contributed by atoms with E-state index in [2.05, 4.69) is 5.32 Å². The van der Waals surface area contributed by atoms with Crippen molar-refractivity contribution < 1.29 is 18.0 Å². The van der Waals surface area contributed by atoms with Gasteiger partial charge in [0, 0.05) is 29.6 Å². The SMILES string of the molecule is CCCNC(=O)[C@H](Cc1ccccc1)N(Cc1cccc(Cl)c1)C(=O)CN(c1ccc(C)c(Cl)c1)S(C)(=O)=O. The molecule has 0 aliphatic rings. The van der Waals surface area contributed by atoms with E-state index in [9.17, 15) is 18.0 Å². The summed E-state index contributed by atoms with van der Waals surface area (Å²) in [5.41, 5.74) is 2.61. The van der Waals surface area contributed by atoms with E-state index in [-0.39, 0.29) is 24.6 Å². The van der Waals surface area contributed by atoms with Crippen molar-refractivity contribution in [2.75, 3.05) is 23.7 Å². The quantitative estimate of drug-likeness (QED) is 0.313. The van der Waals surface area contributed by atoms with Gasteiger partial charge in [-0.05, 0) is 54.3 Å². The highest BCUT2D eigenvalue weighted by Gasteiger charge is 2.33. The van der Waals surface area contributed by atoms with Crippen LogP contribution in [0, 0.1) is 6.92 Å². The number of hydrogen-bond donors (Lipinski definition) is 1. The van der Waals surface area contributed by atoms with Crippen molar-refractivity contribution in [3.63, 3.8) is 0 Å². The van der Waals surface area contributed by atoms with Gasteiger partial charge in [0.1, 0.15) is 12.6 Å². The van der Waals surface area contributed by atoms with Gasteiger partial charge in [0.05, 0.1) is 11.9 Å². The van der Waals surface area contributed by atoms with Gasteiger partial charge in [-0.15, -0.1) is 0 Å². The molecule has 208 valence electrons. The number of nitrogens with one attached hydrogen (secondary N) is 1. The minimum Gasteiger partial charge on any atom is -0.354 e. The van der Waals surface area contributed by atoms with Gasteiger partial charge in [0.15, 0.2) is 0 Å². The Morgan fingerprint density at radius 3 is 2.26 bits per heavy atom. The second kappa shape index (κ2) is 13.8. The molecular formula is C29H33Cl2N3O4S. The molecule has 10 heteroatoms. The Hall–Kier alpha value is -3.07. The van der Waals surface area contributed by atoms with E-state index in [0.717, 1.165) is 28.1 Å². The van der Waals surface area contributed by atoms with Crippen LogP contribution in [0.1, 0.15) is 30.0 Å². The van der Waals surface area contributed by atoms with Crippen LogP contribution in [0.4, 0.5) is 5.69 Å². The van der Waals surface area contributed by atoms with E-state index in [4.69, 9.17) is 23.2 Å². The van der Waals surface area contributed by atoms with Gasteiger partial charge in [-0.2, -0.15) is 0 Å². The fourth-order valence-electron chi connectivity index (χ4n) is 4.10. The maximum atomic E-state index is 14.0. The smallest absolute Gasteiger partial charge is 0.244 e. The average Bonchev–Trinajstić information content (AvgIpc) is 2.89. The van der Waals surface area contributed by atoms with Crippen LogP contribution in [0.5, 0.6) is 0 Å². The summed E-state index contributed by atoms with van der Waals surface area (Å²) >= 11 is 12.5. The molecule has 0 spiro atoms. The van der Waals surface area contributed by atoms with Crippen molar-refractivity contribution in [3.8, 4) is 0 Å². The zero-order valence-corrected chi connectivity index (χ0v) is 24.6. The van der Waals surface area contributed by atoms with Crippen LogP contribution < -0.4 is 9.62 Å². The second-order valence-electron chi connectivity index (χ2n) is 9.35. The molecule has 0 aromatic heterocycles. The summed E-state index contributed by atoms with van der Waals surface area (Å²) in [6.07, 6.45) is 2.00. The van der Waals surface area contributed by atoms with Crippen molar-refractivity contribution >= 4 is 50.7 Å². The lowest BCUT2D eigenvalue weighted by Crippen LogP contribution is -2.53. The molecule has 1 N–H and O–H groups in total. The fourth-order valence-corrected chi connectivity index (χ4v) is 5.33. The summed E-state index contributed by atoms with van der Waals surface area (Å²) in [6, 6.07) is 20.3. The van der Waals surface area contributed by atoms with E-state index in [1.165, 1.54) is 11.0 Å². The van der Waals surface area contributed by atoms with E-state index < -0.39 is 28.5 Å². The molecule has 0 fully saturated rings. The second-order valence-corrected chi connectivity index (χ2v) is 12.1. The topological polar surface area (TPSA) is 86.8 Å². The highest BCUT2D eigenvalue weighted by molar-refractivity contribution is 7.92. The number of benzene rings is 3. The van der Waals surface area contributed by atoms with Crippen LogP contribution in [0.2, 0.25) is 10.0 Å². The molecule has 0 aliphatic heterocycles. The lowest BCUT2D eigenvalue weighted by Gasteiger charge is -2.33. The van der Waals surface area contributed by atoms with Gasteiger partial charge in [-0.1, -0.05) is 78.7 Å². The average molecular weight is 591 g/mol. The Morgan fingerprint density at radius 1 is 0.949 bits per heavy atom. The molecule has 0 saturated heterocycles. The lowest BCUT2D eigenvalue weighted by atomic mass is 10.0. The highest BCUT2D eigenvalue weighted by Crippen LogP contribution is 2.26. The van der Waals surface area contributed by atoms with Crippen molar-refractivity contribution in [2.45, 2.75) is 39.3 Å². The van der Waals surface area contributed by atoms with Gasteiger partial charge in [0.25, 0.3) is 0 Å². The normalized spacial score (nSPS) is 12.0. The van der Waals surface area contributed by atoms with Crippen molar-refractivity contribution in [1.29, 1.82) is 0 Å². The Labute approximate surface area is 240 Å². The monoisotopic (exact) mass is 589 g/mol. The molecule has 0 saturated carbocycles. The number of aryl methyl sites for hydroxylation is 1. The molecule has 3 aromatic carbocycles. The Bertz CT molecular complexity index is 1400. The summed E-state index contributed by atoms with van der Waals surface area (Å²) in [7, 11) is -3.87. The number of rotatable bonds is 12. The minimum atomic E-state index is -3.87. The molecule has 1 atom stereocenters. The van der Waals surface area contributed by atoms with Gasteiger partial charge >= 0.3 is 0 Å². The molecule has 2 amide bonds. The van der Waals surface area contributed by atoms with Gasteiger partial charge in [0.2, 0.25) is 21.8 Å². The first-order valence-corrected chi connectivity index (χ1v) is 15.2. The van der Waals surface area contributed by atoms with Gasteiger partial charge in [-0.25, -0.2) is 8.42 Å². The molecule has 39 heavy (non-hydrogen) atoms. The third-order valence-corrected chi connectivity index (χ3v) is 7.97. The summed E-state index contributed by atoms with van der Waals surface area (Å²) in [5, 5.41) is 3.77.